The Balaban J connectivity index is 2.87. The Bertz CT molecular complexity index is 499. The molecule has 126 valence electrons. The second kappa shape index (κ2) is 8.17. The van der Waals surface area contributed by atoms with Crippen LogP contribution in [0.1, 0.15) is 44.6 Å². The van der Waals surface area contributed by atoms with Crippen molar-refractivity contribution in [2.75, 3.05) is 20.3 Å². The molecule has 22 heavy (non-hydrogen) atoms. The van der Waals surface area contributed by atoms with Crippen molar-refractivity contribution in [2.24, 2.45) is 4.99 Å². The average Bonchev–Trinajstić information content (AvgIpc) is 2.67. The van der Waals surface area contributed by atoms with E-state index in [1.807, 2.05) is 11.6 Å². The number of hydrogen-bond donors (Lipinski definition) is 2. The first-order valence-electron chi connectivity index (χ1n) is 7.86. The monoisotopic (exact) mass is 309 g/mol. The quantitative estimate of drug-likeness (QED) is 0.623. The van der Waals surface area contributed by atoms with Crippen molar-refractivity contribution in [1.82, 2.24) is 20.4 Å². The van der Waals surface area contributed by atoms with E-state index < -0.39 is 0 Å². The van der Waals surface area contributed by atoms with Gasteiger partial charge in [-0.1, -0.05) is 0 Å². The second-order valence-electron chi connectivity index (χ2n) is 6.44. The fraction of sp³-hybridized carbons (Fsp3) is 0.750. The van der Waals surface area contributed by atoms with E-state index in [1.54, 1.807) is 7.11 Å². The van der Waals surface area contributed by atoms with Crippen molar-refractivity contribution in [3.05, 3.63) is 17.0 Å². The van der Waals surface area contributed by atoms with Gasteiger partial charge in [-0.15, -0.1) is 0 Å². The lowest BCUT2D eigenvalue weighted by Gasteiger charge is -2.23. The molecule has 0 aromatic carbocycles. The van der Waals surface area contributed by atoms with Crippen LogP contribution in [0.4, 0.5) is 0 Å². The number of rotatable bonds is 6. The highest BCUT2D eigenvalue weighted by Gasteiger charge is 2.14. The van der Waals surface area contributed by atoms with Gasteiger partial charge in [0.15, 0.2) is 5.96 Å². The summed E-state index contributed by atoms with van der Waals surface area (Å²) in [5.41, 5.74) is 3.35. The van der Waals surface area contributed by atoms with Crippen LogP contribution in [0, 0.1) is 13.8 Å². The fourth-order valence-electron chi connectivity index (χ4n) is 2.18. The number of nitrogens with zero attached hydrogens (tertiary/aromatic N) is 3. The molecule has 0 bridgehead atoms. The molecule has 0 aliphatic heterocycles. The first-order chi connectivity index (χ1) is 10.3. The molecule has 0 fully saturated rings. The molecule has 1 heterocycles. The number of methoxy groups -OCH3 is 1. The topological polar surface area (TPSA) is 63.5 Å². The molecule has 6 nitrogen and oxygen atoms in total. The van der Waals surface area contributed by atoms with Gasteiger partial charge in [-0.05, 0) is 41.5 Å². The lowest BCUT2D eigenvalue weighted by molar-refractivity contribution is 0.182. The van der Waals surface area contributed by atoms with Gasteiger partial charge in [-0.25, -0.2) is 4.99 Å². The number of ether oxygens (including phenoxy) is 1. The third kappa shape index (κ3) is 5.67. The maximum atomic E-state index is 5.13. The van der Waals surface area contributed by atoms with E-state index in [9.17, 15) is 0 Å². The smallest absolute Gasteiger partial charge is 0.191 e. The fourth-order valence-corrected chi connectivity index (χ4v) is 2.18. The number of aliphatic imine (C=N–C) groups is 1. The van der Waals surface area contributed by atoms with Gasteiger partial charge in [-0.3, -0.25) is 4.68 Å². The number of nitrogens with one attached hydrogen (secondary N) is 2. The van der Waals surface area contributed by atoms with Crippen LogP contribution in [0.2, 0.25) is 0 Å². The lowest BCUT2D eigenvalue weighted by atomic mass is 10.1. The van der Waals surface area contributed by atoms with Crippen LogP contribution in [0.5, 0.6) is 0 Å². The normalized spacial score (nSPS) is 12.6. The maximum absolute atomic E-state index is 5.13. The van der Waals surface area contributed by atoms with Crippen LogP contribution in [-0.4, -0.2) is 41.5 Å². The Labute approximate surface area is 134 Å². The van der Waals surface area contributed by atoms with Gasteiger partial charge in [0.2, 0.25) is 0 Å². The van der Waals surface area contributed by atoms with Gasteiger partial charge in [0, 0.05) is 30.5 Å². The molecule has 1 aromatic heterocycles. The molecular formula is C16H31N5O. The van der Waals surface area contributed by atoms with Gasteiger partial charge in [0.25, 0.3) is 0 Å². The summed E-state index contributed by atoms with van der Waals surface area (Å²) in [5, 5.41) is 11.3. The van der Waals surface area contributed by atoms with E-state index in [0.717, 1.165) is 30.4 Å². The first-order valence-corrected chi connectivity index (χ1v) is 7.86. The van der Waals surface area contributed by atoms with Gasteiger partial charge < -0.3 is 15.4 Å². The zero-order chi connectivity index (χ0) is 16.8. The third-order valence-electron chi connectivity index (χ3n) is 3.27. The summed E-state index contributed by atoms with van der Waals surface area (Å²) in [6, 6.07) is 0. The highest BCUT2D eigenvalue weighted by Crippen LogP contribution is 2.14. The standard InChI is InChI=1S/C16H31N5O/c1-8-17-15(19-16(4,5)6)18-11-14-12(2)20-21(13(14)3)9-10-22-7/h8-11H2,1-7H3,(H2,17,18,19). The Morgan fingerprint density at radius 2 is 2.00 bits per heavy atom. The van der Waals surface area contributed by atoms with E-state index in [1.165, 1.54) is 5.56 Å². The average molecular weight is 309 g/mol. The molecule has 0 amide bonds. The molecule has 0 unspecified atom stereocenters. The molecule has 0 aliphatic carbocycles. The molecular weight excluding hydrogens is 278 g/mol. The van der Waals surface area contributed by atoms with Gasteiger partial charge in [0.05, 0.1) is 25.4 Å². The van der Waals surface area contributed by atoms with Gasteiger partial charge in [-0.2, -0.15) is 5.10 Å². The van der Waals surface area contributed by atoms with Crippen LogP contribution in [-0.2, 0) is 17.8 Å². The van der Waals surface area contributed by atoms with Crippen LogP contribution in [0.15, 0.2) is 4.99 Å². The summed E-state index contributed by atoms with van der Waals surface area (Å²) < 4.78 is 7.12. The number of hydrogen-bond acceptors (Lipinski definition) is 3. The summed E-state index contributed by atoms with van der Waals surface area (Å²) >= 11 is 0. The molecule has 0 radical (unpaired) electrons. The molecule has 0 atom stereocenters. The number of aryl methyl sites for hydroxylation is 1. The minimum atomic E-state index is -0.0201. The molecule has 2 N–H and O–H groups in total. The zero-order valence-corrected chi connectivity index (χ0v) is 15.1. The Morgan fingerprint density at radius 1 is 1.32 bits per heavy atom. The largest absolute Gasteiger partial charge is 0.383 e. The van der Waals surface area contributed by atoms with Crippen LogP contribution in [0.25, 0.3) is 0 Å². The first kappa shape index (κ1) is 18.5. The molecule has 0 saturated carbocycles. The van der Waals surface area contributed by atoms with Crippen molar-refractivity contribution >= 4 is 5.96 Å². The molecule has 0 spiro atoms. The SMILES string of the molecule is CCNC(=NCc1c(C)nn(CCOC)c1C)NC(C)(C)C. The summed E-state index contributed by atoms with van der Waals surface area (Å²) in [6.45, 7) is 15.5. The molecule has 0 saturated heterocycles. The molecule has 0 aliphatic rings. The van der Waals surface area contributed by atoms with Crippen molar-refractivity contribution in [3.8, 4) is 0 Å². The van der Waals surface area contributed by atoms with E-state index in [0.29, 0.717) is 13.2 Å². The third-order valence-corrected chi connectivity index (χ3v) is 3.27. The second-order valence-corrected chi connectivity index (χ2v) is 6.44. The van der Waals surface area contributed by atoms with E-state index in [2.05, 4.69) is 50.4 Å². The van der Waals surface area contributed by atoms with Crippen LogP contribution >= 0.6 is 0 Å². The van der Waals surface area contributed by atoms with Gasteiger partial charge >= 0.3 is 0 Å². The minimum absolute atomic E-state index is 0.0201. The molecule has 1 rings (SSSR count). The minimum Gasteiger partial charge on any atom is -0.383 e. The lowest BCUT2D eigenvalue weighted by Crippen LogP contribution is -2.47. The van der Waals surface area contributed by atoms with E-state index in [-0.39, 0.29) is 5.54 Å². The van der Waals surface area contributed by atoms with Crippen molar-refractivity contribution in [2.45, 2.75) is 60.2 Å². The maximum Gasteiger partial charge on any atom is 0.191 e. The summed E-state index contributed by atoms with van der Waals surface area (Å²) in [5.74, 6) is 0.832. The Morgan fingerprint density at radius 3 is 2.55 bits per heavy atom. The zero-order valence-electron chi connectivity index (χ0n) is 15.1. The van der Waals surface area contributed by atoms with E-state index >= 15 is 0 Å². The molecule has 6 heteroatoms. The Hall–Kier alpha value is -1.56. The summed E-state index contributed by atoms with van der Waals surface area (Å²) in [6.07, 6.45) is 0. The number of guanidine groups is 1. The van der Waals surface area contributed by atoms with Gasteiger partial charge in [0.1, 0.15) is 0 Å². The predicted molar refractivity (Wildman–Crippen MR) is 91.3 cm³/mol. The van der Waals surface area contributed by atoms with E-state index in [4.69, 9.17) is 9.73 Å². The summed E-state index contributed by atoms with van der Waals surface area (Å²) in [7, 11) is 1.71. The van der Waals surface area contributed by atoms with Crippen molar-refractivity contribution < 1.29 is 4.74 Å². The van der Waals surface area contributed by atoms with Crippen LogP contribution < -0.4 is 10.6 Å². The Kier molecular flexibility index (Phi) is 6.87. The predicted octanol–water partition coefficient (Wildman–Crippen LogP) is 2.00. The van der Waals surface area contributed by atoms with Crippen LogP contribution in [0.3, 0.4) is 0 Å². The highest BCUT2D eigenvalue weighted by atomic mass is 16.5. The summed E-state index contributed by atoms with van der Waals surface area (Å²) in [4.78, 5) is 4.69. The highest BCUT2D eigenvalue weighted by molar-refractivity contribution is 5.80. The molecule has 1 aromatic rings. The van der Waals surface area contributed by atoms with Crippen molar-refractivity contribution in [1.29, 1.82) is 0 Å². The van der Waals surface area contributed by atoms with Crippen molar-refractivity contribution in [3.63, 3.8) is 0 Å². The number of aromatic nitrogens is 2.